The van der Waals surface area contributed by atoms with Crippen molar-refractivity contribution in [3.8, 4) is 0 Å². The molecule has 0 amide bonds. The van der Waals surface area contributed by atoms with E-state index in [1.54, 1.807) is 42.5 Å². The summed E-state index contributed by atoms with van der Waals surface area (Å²) in [7, 11) is 0. The summed E-state index contributed by atoms with van der Waals surface area (Å²) in [6.45, 7) is 0. The number of carbonyl (C=O) groups excluding carboxylic acids is 2. The number of halogens is 3. The van der Waals surface area contributed by atoms with E-state index < -0.39 is 12.6 Å². The first-order valence-corrected chi connectivity index (χ1v) is 8.30. The first-order valence-electron chi connectivity index (χ1n) is 6.87. The number of hydrogen-bond acceptors (Lipinski definition) is 3. The number of benzene rings is 2. The summed E-state index contributed by atoms with van der Waals surface area (Å²) in [5.41, 5.74) is 1.07. The Morgan fingerprint density at radius 3 is 1.71 bits per heavy atom. The van der Waals surface area contributed by atoms with Crippen molar-refractivity contribution >= 4 is 34.6 Å². The first-order chi connectivity index (χ1) is 11.3. The van der Waals surface area contributed by atoms with E-state index in [0.29, 0.717) is 22.9 Å². The number of hydrogen-bond donors (Lipinski definition) is 1. The van der Waals surface area contributed by atoms with Crippen LogP contribution in [0.4, 0.5) is 13.2 Å². The van der Waals surface area contributed by atoms with Gasteiger partial charge in [0.2, 0.25) is 10.2 Å². The fourth-order valence-corrected chi connectivity index (χ4v) is 2.47. The Hall–Kier alpha value is -1.73. The normalized spacial score (nSPS) is 10.5. The average molecular weight is 372 g/mol. The van der Waals surface area contributed by atoms with Crippen molar-refractivity contribution in [2.45, 2.75) is 12.6 Å². The van der Waals surface area contributed by atoms with Crippen LogP contribution in [0.3, 0.4) is 0 Å². The largest absolute Gasteiger partial charge is 0.389 e. The minimum absolute atomic E-state index is 0.185. The van der Waals surface area contributed by atoms with E-state index in [9.17, 15) is 22.8 Å². The van der Waals surface area contributed by atoms with E-state index in [0.717, 1.165) is 0 Å². The first kappa shape index (κ1) is 20.3. The molecule has 128 valence electrons. The van der Waals surface area contributed by atoms with Crippen LogP contribution in [0.25, 0.3) is 0 Å². The molecular weight excluding hydrogens is 357 g/mol. The molecule has 0 unspecified atom stereocenters. The van der Waals surface area contributed by atoms with Crippen LogP contribution in [0.5, 0.6) is 0 Å². The second-order valence-electron chi connectivity index (χ2n) is 4.54. The van der Waals surface area contributed by atoms with Gasteiger partial charge >= 0.3 is 6.18 Å². The van der Waals surface area contributed by atoms with Gasteiger partial charge in [0.1, 0.15) is 0 Å². The maximum atomic E-state index is 11.8. The lowest BCUT2D eigenvalue weighted by Crippen LogP contribution is -2.09. The molecular formula is C17H15F3O2S2. The number of thioether (sulfide) groups is 1. The molecule has 24 heavy (non-hydrogen) atoms. The molecule has 0 saturated carbocycles. The third-order valence-corrected chi connectivity index (χ3v) is 3.81. The molecule has 2 nitrogen and oxygen atoms in total. The van der Waals surface area contributed by atoms with Crippen molar-refractivity contribution in [3.05, 3.63) is 71.8 Å². The number of thiol groups is 1. The molecule has 2 aromatic carbocycles. The van der Waals surface area contributed by atoms with Crippen molar-refractivity contribution in [2.75, 3.05) is 5.75 Å². The van der Waals surface area contributed by atoms with Gasteiger partial charge in [0, 0.05) is 16.9 Å². The zero-order valence-corrected chi connectivity index (χ0v) is 14.2. The fraction of sp³-hybridized carbons (Fsp3) is 0.176. The predicted molar refractivity (Wildman–Crippen MR) is 93.7 cm³/mol. The number of alkyl halides is 3. The van der Waals surface area contributed by atoms with Crippen LogP contribution in [0.15, 0.2) is 60.7 Å². The highest BCUT2D eigenvalue weighted by Gasteiger charge is 2.26. The van der Waals surface area contributed by atoms with Crippen LogP contribution >= 0.6 is 24.4 Å². The molecule has 0 aliphatic rings. The third-order valence-electron chi connectivity index (χ3n) is 2.65. The summed E-state index contributed by atoms with van der Waals surface area (Å²) in [6.07, 6.45) is -5.12. The summed E-state index contributed by atoms with van der Waals surface area (Å²) in [6, 6.07) is 17.2. The van der Waals surface area contributed by atoms with E-state index in [2.05, 4.69) is 12.6 Å². The van der Waals surface area contributed by atoms with Gasteiger partial charge in [-0.3, -0.25) is 9.59 Å². The molecule has 0 saturated heterocycles. The second-order valence-corrected chi connectivity index (χ2v) is 6.01. The van der Waals surface area contributed by atoms with Crippen molar-refractivity contribution < 1.29 is 22.8 Å². The van der Waals surface area contributed by atoms with Crippen LogP contribution in [0.2, 0.25) is 0 Å². The zero-order valence-electron chi connectivity index (χ0n) is 12.5. The highest BCUT2D eigenvalue weighted by atomic mass is 32.2. The molecule has 0 aliphatic heterocycles. The topological polar surface area (TPSA) is 34.1 Å². The molecule has 0 aliphatic carbocycles. The molecule has 0 N–H and O–H groups in total. The Balaban J connectivity index is 0.000000272. The van der Waals surface area contributed by atoms with Gasteiger partial charge in [-0.25, -0.2) is 0 Å². The molecule has 2 rings (SSSR count). The van der Waals surface area contributed by atoms with Gasteiger partial charge in [-0.15, -0.1) is 12.6 Å². The van der Waals surface area contributed by atoms with E-state index in [-0.39, 0.29) is 16.0 Å². The van der Waals surface area contributed by atoms with Gasteiger partial charge in [0.15, 0.2) is 0 Å². The number of rotatable bonds is 4. The monoisotopic (exact) mass is 372 g/mol. The maximum absolute atomic E-state index is 11.8. The fourth-order valence-electron chi connectivity index (χ4n) is 1.50. The summed E-state index contributed by atoms with van der Waals surface area (Å²) in [5.74, 6) is -0.225. The van der Waals surface area contributed by atoms with E-state index in [1.807, 2.05) is 18.2 Å². The SMILES string of the molecule is O=C(S)c1ccccc1.O=C(SCCC(F)(F)F)c1ccccc1. The van der Waals surface area contributed by atoms with Gasteiger partial charge in [0.25, 0.3) is 0 Å². The molecule has 0 spiro atoms. The standard InChI is InChI=1S/C10H9F3OS.C7H6OS/c11-10(12,13)6-7-15-9(14)8-4-2-1-3-5-8;8-7(9)6-4-2-1-3-5-6/h1-5H,6-7H2;1-5H,(H,8,9). The summed E-state index contributed by atoms with van der Waals surface area (Å²) in [5, 5.41) is -0.504. The zero-order chi connectivity index (χ0) is 18.0. The van der Waals surface area contributed by atoms with E-state index in [1.165, 1.54) is 0 Å². The smallest absolute Gasteiger partial charge is 0.282 e. The molecule has 0 atom stereocenters. The van der Waals surface area contributed by atoms with Crippen LogP contribution in [0.1, 0.15) is 27.1 Å². The third kappa shape index (κ3) is 8.79. The Labute approximate surface area is 147 Å². The van der Waals surface area contributed by atoms with Crippen molar-refractivity contribution in [1.29, 1.82) is 0 Å². The van der Waals surface area contributed by atoms with Gasteiger partial charge in [0.05, 0.1) is 6.42 Å². The van der Waals surface area contributed by atoms with Crippen molar-refractivity contribution in [2.24, 2.45) is 0 Å². The predicted octanol–water partition coefficient (Wildman–Crippen LogP) is 5.27. The minimum atomic E-state index is -4.19. The summed E-state index contributed by atoms with van der Waals surface area (Å²) < 4.78 is 35.4. The number of carbonyl (C=O) groups is 2. The molecule has 0 fully saturated rings. The van der Waals surface area contributed by atoms with Crippen molar-refractivity contribution in [3.63, 3.8) is 0 Å². The lowest BCUT2D eigenvalue weighted by molar-refractivity contribution is -0.129. The average Bonchev–Trinajstić information content (AvgIpc) is 2.56. The van der Waals surface area contributed by atoms with Crippen LogP contribution in [0, 0.1) is 0 Å². The second kappa shape index (κ2) is 10.2. The van der Waals surface area contributed by atoms with Gasteiger partial charge in [-0.2, -0.15) is 13.2 Å². The Kier molecular flexibility index (Phi) is 8.63. The molecule has 7 heteroatoms. The van der Waals surface area contributed by atoms with E-state index >= 15 is 0 Å². The highest BCUT2D eigenvalue weighted by molar-refractivity contribution is 8.14. The maximum Gasteiger partial charge on any atom is 0.389 e. The van der Waals surface area contributed by atoms with Crippen LogP contribution in [-0.2, 0) is 0 Å². The molecule has 2 aromatic rings. The summed E-state index contributed by atoms with van der Waals surface area (Å²) >= 11 is 4.35. The Bertz CT molecular complexity index is 644. The van der Waals surface area contributed by atoms with Crippen LogP contribution < -0.4 is 0 Å². The molecule has 0 radical (unpaired) electrons. The van der Waals surface area contributed by atoms with Gasteiger partial charge in [-0.05, 0) is 0 Å². The quantitative estimate of drug-likeness (QED) is 0.743. The van der Waals surface area contributed by atoms with Gasteiger partial charge < -0.3 is 0 Å². The van der Waals surface area contributed by atoms with E-state index in [4.69, 9.17) is 0 Å². The Morgan fingerprint density at radius 2 is 1.33 bits per heavy atom. The van der Waals surface area contributed by atoms with Gasteiger partial charge in [-0.1, -0.05) is 72.4 Å². The highest BCUT2D eigenvalue weighted by Crippen LogP contribution is 2.23. The molecule has 0 aromatic heterocycles. The lowest BCUT2D eigenvalue weighted by Gasteiger charge is -2.04. The van der Waals surface area contributed by atoms with Crippen molar-refractivity contribution in [1.82, 2.24) is 0 Å². The summed E-state index contributed by atoms with van der Waals surface area (Å²) in [4.78, 5) is 21.8. The molecule has 0 heterocycles. The molecule has 0 bridgehead atoms. The minimum Gasteiger partial charge on any atom is -0.282 e. The van der Waals surface area contributed by atoms with Crippen LogP contribution in [-0.4, -0.2) is 22.2 Å². The lowest BCUT2D eigenvalue weighted by atomic mass is 10.2. The Morgan fingerprint density at radius 1 is 0.875 bits per heavy atom.